The number of carbonyl (C=O) groups excluding carboxylic acids is 1. The molecule has 1 unspecified atom stereocenters. The molecule has 1 aromatic heterocycles. The molecule has 3 aromatic carbocycles. The fourth-order valence-electron chi connectivity index (χ4n) is 4.63. The highest BCUT2D eigenvalue weighted by molar-refractivity contribution is 6.31. The van der Waals surface area contributed by atoms with Gasteiger partial charge in [-0.1, -0.05) is 86.0 Å². The second-order valence-corrected chi connectivity index (χ2v) is 10.1. The molecule has 4 rings (SSSR count). The largest absolute Gasteiger partial charge is 0.478 e. The van der Waals surface area contributed by atoms with Gasteiger partial charge in [-0.25, -0.2) is 9.78 Å². The van der Waals surface area contributed by atoms with E-state index in [4.69, 9.17) is 16.6 Å². The Kier molecular flexibility index (Phi) is 9.87. The molecule has 5 nitrogen and oxygen atoms in total. The predicted octanol–water partition coefficient (Wildman–Crippen LogP) is 8.13. The van der Waals surface area contributed by atoms with E-state index in [0.717, 1.165) is 52.5 Å². The topological polar surface area (TPSA) is 79.3 Å². The molecule has 0 spiro atoms. The lowest BCUT2D eigenvalue weighted by atomic mass is 9.95. The van der Waals surface area contributed by atoms with Crippen LogP contribution in [0.1, 0.15) is 77.8 Å². The van der Waals surface area contributed by atoms with Gasteiger partial charge in [-0.3, -0.25) is 4.79 Å². The first-order valence-electron chi connectivity index (χ1n) is 13.4. The van der Waals surface area contributed by atoms with E-state index in [2.05, 4.69) is 18.3 Å². The minimum atomic E-state index is -0.942. The summed E-state index contributed by atoms with van der Waals surface area (Å²) in [6.45, 7) is 2.11. The van der Waals surface area contributed by atoms with Gasteiger partial charge >= 0.3 is 5.97 Å². The lowest BCUT2D eigenvalue weighted by molar-refractivity contribution is -0.122. The molecule has 6 heteroatoms. The van der Waals surface area contributed by atoms with E-state index >= 15 is 0 Å². The molecular formula is C33H33ClN2O3. The number of benzene rings is 3. The SMILES string of the molecule is CCCCCC(=O)NC(CCc1ccccc1C(=O)O)c1cccc(/C=C/c2ccc3ccc(Cl)cc3n2)c1. The number of aromatic carboxylic acids is 1. The van der Waals surface area contributed by atoms with Crippen LogP contribution in [-0.4, -0.2) is 22.0 Å². The number of halogens is 1. The van der Waals surface area contributed by atoms with Gasteiger partial charge in [0.1, 0.15) is 0 Å². The molecule has 4 aromatic rings. The van der Waals surface area contributed by atoms with Crippen molar-refractivity contribution in [2.75, 3.05) is 0 Å². The van der Waals surface area contributed by atoms with E-state index in [0.29, 0.717) is 29.8 Å². The number of pyridine rings is 1. The highest BCUT2D eigenvalue weighted by Gasteiger charge is 2.17. The van der Waals surface area contributed by atoms with Gasteiger partial charge in [-0.2, -0.15) is 0 Å². The standard InChI is InChI=1S/C33H33ClN2O3/c1-2-3-4-12-32(37)36-30(20-16-24-9-5-6-11-29(24)33(38)39)26-10-7-8-23(21-26)13-18-28-19-15-25-14-17-27(34)22-31(25)35-28/h5-11,13-15,17-19,21-22,30H,2-4,12,16,20H2,1H3,(H,36,37)(H,38,39)/b18-13+. The molecule has 1 atom stereocenters. The average Bonchev–Trinajstić information content (AvgIpc) is 2.94. The van der Waals surface area contributed by atoms with E-state index in [1.54, 1.807) is 12.1 Å². The zero-order chi connectivity index (χ0) is 27.6. The van der Waals surface area contributed by atoms with Gasteiger partial charge in [-0.05, 0) is 72.4 Å². The zero-order valence-corrected chi connectivity index (χ0v) is 22.8. The molecule has 0 aliphatic carbocycles. The Hall–Kier alpha value is -3.96. The smallest absolute Gasteiger partial charge is 0.335 e. The Bertz CT molecular complexity index is 1480. The maximum absolute atomic E-state index is 12.8. The number of fused-ring (bicyclic) bond motifs is 1. The molecule has 39 heavy (non-hydrogen) atoms. The fraction of sp³-hybridized carbons (Fsp3) is 0.242. The number of amides is 1. The fourth-order valence-corrected chi connectivity index (χ4v) is 4.80. The lowest BCUT2D eigenvalue weighted by Crippen LogP contribution is -2.29. The van der Waals surface area contributed by atoms with Crippen LogP contribution in [0.4, 0.5) is 0 Å². The summed E-state index contributed by atoms with van der Waals surface area (Å²) in [5.74, 6) is -0.928. The van der Waals surface area contributed by atoms with Crippen LogP contribution in [0.3, 0.4) is 0 Å². The number of hydrogen-bond acceptors (Lipinski definition) is 3. The number of nitrogens with one attached hydrogen (secondary N) is 1. The highest BCUT2D eigenvalue weighted by atomic mass is 35.5. The number of carbonyl (C=O) groups is 2. The first kappa shape index (κ1) is 28.1. The predicted molar refractivity (Wildman–Crippen MR) is 159 cm³/mol. The number of carboxylic acids is 1. The van der Waals surface area contributed by atoms with Crippen molar-refractivity contribution < 1.29 is 14.7 Å². The second-order valence-electron chi connectivity index (χ2n) is 9.65. The number of hydrogen-bond donors (Lipinski definition) is 2. The van der Waals surface area contributed by atoms with E-state index in [1.807, 2.05) is 72.8 Å². The minimum absolute atomic E-state index is 0.0138. The summed E-state index contributed by atoms with van der Waals surface area (Å²) in [6, 6.07) is 24.5. The molecule has 1 amide bonds. The third-order valence-electron chi connectivity index (χ3n) is 6.73. The number of unbranched alkanes of at least 4 members (excludes halogenated alkanes) is 2. The number of aromatic nitrogens is 1. The van der Waals surface area contributed by atoms with Crippen LogP contribution < -0.4 is 5.32 Å². The van der Waals surface area contributed by atoms with Crippen LogP contribution in [0, 0.1) is 0 Å². The van der Waals surface area contributed by atoms with Crippen LogP contribution >= 0.6 is 11.6 Å². The van der Waals surface area contributed by atoms with E-state index in [-0.39, 0.29) is 11.9 Å². The summed E-state index contributed by atoms with van der Waals surface area (Å²) < 4.78 is 0. The Balaban J connectivity index is 1.55. The molecule has 2 N–H and O–H groups in total. The minimum Gasteiger partial charge on any atom is -0.478 e. The van der Waals surface area contributed by atoms with E-state index in [1.165, 1.54) is 0 Å². The molecule has 0 radical (unpaired) electrons. The van der Waals surface area contributed by atoms with Gasteiger partial charge < -0.3 is 10.4 Å². The van der Waals surface area contributed by atoms with Crippen LogP contribution in [-0.2, 0) is 11.2 Å². The van der Waals surface area contributed by atoms with Crippen molar-refractivity contribution in [3.8, 4) is 0 Å². The number of carboxylic acid groups (broad SMARTS) is 1. The molecule has 0 saturated heterocycles. The van der Waals surface area contributed by atoms with Crippen molar-refractivity contribution in [1.29, 1.82) is 0 Å². The molecular weight excluding hydrogens is 508 g/mol. The summed E-state index contributed by atoms with van der Waals surface area (Å²) in [7, 11) is 0. The normalized spacial score (nSPS) is 12.1. The summed E-state index contributed by atoms with van der Waals surface area (Å²) in [5, 5.41) is 14.5. The average molecular weight is 541 g/mol. The Morgan fingerprint density at radius 2 is 1.79 bits per heavy atom. The first-order chi connectivity index (χ1) is 18.9. The summed E-state index contributed by atoms with van der Waals surface area (Å²) in [5.41, 5.74) is 4.68. The molecule has 1 heterocycles. The van der Waals surface area contributed by atoms with Crippen molar-refractivity contribution in [2.45, 2.75) is 51.5 Å². The molecule has 0 bridgehead atoms. The third-order valence-corrected chi connectivity index (χ3v) is 6.96. The maximum atomic E-state index is 12.8. The van der Waals surface area contributed by atoms with Gasteiger partial charge in [0.05, 0.1) is 22.8 Å². The molecule has 200 valence electrons. The Morgan fingerprint density at radius 3 is 2.62 bits per heavy atom. The first-order valence-corrected chi connectivity index (χ1v) is 13.8. The maximum Gasteiger partial charge on any atom is 0.335 e. The lowest BCUT2D eigenvalue weighted by Gasteiger charge is -2.20. The van der Waals surface area contributed by atoms with Crippen LogP contribution in [0.5, 0.6) is 0 Å². The van der Waals surface area contributed by atoms with E-state index < -0.39 is 5.97 Å². The zero-order valence-electron chi connectivity index (χ0n) is 22.1. The molecule has 0 fully saturated rings. The Morgan fingerprint density at radius 1 is 0.974 bits per heavy atom. The quantitative estimate of drug-likeness (QED) is 0.178. The monoisotopic (exact) mass is 540 g/mol. The molecule has 0 aliphatic heterocycles. The van der Waals surface area contributed by atoms with Crippen molar-refractivity contribution in [3.63, 3.8) is 0 Å². The second kappa shape index (κ2) is 13.7. The highest BCUT2D eigenvalue weighted by Crippen LogP contribution is 2.24. The van der Waals surface area contributed by atoms with Crippen LogP contribution in [0.2, 0.25) is 5.02 Å². The van der Waals surface area contributed by atoms with Crippen molar-refractivity contribution in [3.05, 3.63) is 112 Å². The third kappa shape index (κ3) is 8.01. The molecule has 0 aliphatic rings. The summed E-state index contributed by atoms with van der Waals surface area (Å²) in [4.78, 5) is 29.2. The van der Waals surface area contributed by atoms with Gasteiger partial charge in [0.2, 0.25) is 5.91 Å². The van der Waals surface area contributed by atoms with E-state index in [9.17, 15) is 14.7 Å². The van der Waals surface area contributed by atoms with Crippen molar-refractivity contribution >= 4 is 46.5 Å². The summed E-state index contributed by atoms with van der Waals surface area (Å²) >= 11 is 6.13. The van der Waals surface area contributed by atoms with Crippen molar-refractivity contribution in [1.82, 2.24) is 10.3 Å². The number of aryl methyl sites for hydroxylation is 1. The van der Waals surface area contributed by atoms with Gasteiger partial charge in [0.15, 0.2) is 0 Å². The van der Waals surface area contributed by atoms with Gasteiger partial charge in [0, 0.05) is 16.8 Å². The van der Waals surface area contributed by atoms with Gasteiger partial charge in [0.25, 0.3) is 0 Å². The molecule has 0 saturated carbocycles. The van der Waals surface area contributed by atoms with Gasteiger partial charge in [-0.15, -0.1) is 0 Å². The van der Waals surface area contributed by atoms with Crippen molar-refractivity contribution in [2.24, 2.45) is 0 Å². The summed E-state index contributed by atoms with van der Waals surface area (Å²) in [6.07, 6.45) is 8.48. The van der Waals surface area contributed by atoms with Crippen LogP contribution in [0.15, 0.2) is 78.9 Å². The van der Waals surface area contributed by atoms with Crippen LogP contribution in [0.25, 0.3) is 23.1 Å². The number of nitrogens with zero attached hydrogens (tertiary/aromatic N) is 1. The Labute approximate surface area is 234 Å². The number of rotatable bonds is 12.